The summed E-state index contributed by atoms with van der Waals surface area (Å²) < 4.78 is 0. The number of nitrogens with zero attached hydrogens (tertiary/aromatic N) is 1. The minimum Gasteiger partial charge on any atom is -0.356 e. The summed E-state index contributed by atoms with van der Waals surface area (Å²) in [6.07, 6.45) is 4.87. The first kappa shape index (κ1) is 14.2. The van der Waals surface area contributed by atoms with Gasteiger partial charge in [-0.15, -0.1) is 0 Å². The first-order valence-corrected chi connectivity index (χ1v) is 7.34. The first-order chi connectivity index (χ1) is 9.28. The molecule has 1 aliphatic carbocycles. The molecule has 0 heterocycles. The summed E-state index contributed by atoms with van der Waals surface area (Å²) in [4.78, 5) is 4.22. The highest BCUT2D eigenvalue weighted by Gasteiger charge is 2.20. The lowest BCUT2D eigenvalue weighted by Gasteiger charge is -2.11. The van der Waals surface area contributed by atoms with Crippen molar-refractivity contribution in [3.05, 3.63) is 34.9 Å². The third-order valence-corrected chi connectivity index (χ3v) is 3.58. The van der Waals surface area contributed by atoms with Crippen molar-refractivity contribution in [3.8, 4) is 0 Å². The first-order valence-electron chi connectivity index (χ1n) is 6.97. The molecule has 19 heavy (non-hydrogen) atoms. The Bertz CT molecular complexity index is 410. The van der Waals surface area contributed by atoms with Gasteiger partial charge in [0, 0.05) is 25.2 Å². The molecule has 0 spiro atoms. The molecule has 1 fully saturated rings. The molecule has 2 rings (SSSR count). The van der Waals surface area contributed by atoms with Gasteiger partial charge in [-0.05, 0) is 49.3 Å². The van der Waals surface area contributed by atoms with Crippen LogP contribution in [0.2, 0.25) is 5.02 Å². The number of nitrogens with one attached hydrogen (secondary N) is 2. The van der Waals surface area contributed by atoms with Crippen LogP contribution in [0.1, 0.15) is 24.8 Å². The Kier molecular flexibility index (Phi) is 5.52. The van der Waals surface area contributed by atoms with Crippen LogP contribution < -0.4 is 10.6 Å². The summed E-state index contributed by atoms with van der Waals surface area (Å²) >= 11 is 5.86. The summed E-state index contributed by atoms with van der Waals surface area (Å²) in [5.41, 5.74) is 1.33. The van der Waals surface area contributed by atoms with Crippen LogP contribution in [0.5, 0.6) is 0 Å². The highest BCUT2D eigenvalue weighted by molar-refractivity contribution is 6.30. The van der Waals surface area contributed by atoms with Crippen LogP contribution in [0.15, 0.2) is 29.3 Å². The van der Waals surface area contributed by atoms with Crippen LogP contribution in [0.25, 0.3) is 0 Å². The second-order valence-electron chi connectivity index (χ2n) is 5.05. The van der Waals surface area contributed by atoms with E-state index in [1.54, 1.807) is 0 Å². The molecule has 0 bridgehead atoms. The maximum atomic E-state index is 5.86. The highest BCUT2D eigenvalue weighted by Crippen LogP contribution is 2.27. The number of guanidine groups is 1. The fourth-order valence-corrected chi connectivity index (χ4v) is 2.06. The summed E-state index contributed by atoms with van der Waals surface area (Å²) in [6, 6.07) is 8.06. The van der Waals surface area contributed by atoms with E-state index in [1.165, 1.54) is 18.4 Å². The number of rotatable bonds is 6. The zero-order valence-electron chi connectivity index (χ0n) is 11.5. The SMILES string of the molecule is CN=C(NCCCc1ccc(Cl)cc1)NCC1CC1. The van der Waals surface area contributed by atoms with Crippen molar-refractivity contribution >= 4 is 17.6 Å². The van der Waals surface area contributed by atoms with Crippen molar-refractivity contribution in [1.82, 2.24) is 10.6 Å². The van der Waals surface area contributed by atoms with Gasteiger partial charge in [0.05, 0.1) is 0 Å². The van der Waals surface area contributed by atoms with E-state index in [9.17, 15) is 0 Å². The van der Waals surface area contributed by atoms with E-state index in [0.717, 1.165) is 42.8 Å². The largest absolute Gasteiger partial charge is 0.356 e. The Labute approximate surface area is 120 Å². The minimum atomic E-state index is 0.798. The third-order valence-electron chi connectivity index (χ3n) is 3.33. The minimum absolute atomic E-state index is 0.798. The van der Waals surface area contributed by atoms with Crippen molar-refractivity contribution in [2.45, 2.75) is 25.7 Å². The Hall–Kier alpha value is -1.22. The molecular formula is C15H22ClN3. The molecule has 0 aliphatic heterocycles. The molecule has 0 radical (unpaired) electrons. The third kappa shape index (κ3) is 5.52. The van der Waals surface area contributed by atoms with Gasteiger partial charge in [-0.1, -0.05) is 23.7 Å². The summed E-state index contributed by atoms with van der Waals surface area (Å²) in [5.74, 6) is 1.79. The van der Waals surface area contributed by atoms with Gasteiger partial charge in [-0.25, -0.2) is 0 Å². The molecule has 2 N–H and O–H groups in total. The quantitative estimate of drug-likeness (QED) is 0.477. The average Bonchev–Trinajstić information content (AvgIpc) is 3.24. The fourth-order valence-electron chi connectivity index (χ4n) is 1.93. The van der Waals surface area contributed by atoms with E-state index in [0.29, 0.717) is 0 Å². The molecule has 3 nitrogen and oxygen atoms in total. The molecule has 1 aliphatic rings. The molecule has 0 aromatic heterocycles. The molecule has 0 atom stereocenters. The van der Waals surface area contributed by atoms with Crippen LogP contribution in [0.4, 0.5) is 0 Å². The van der Waals surface area contributed by atoms with E-state index in [1.807, 2.05) is 19.2 Å². The molecule has 0 amide bonds. The van der Waals surface area contributed by atoms with Crippen LogP contribution in [-0.2, 0) is 6.42 Å². The number of hydrogen-bond acceptors (Lipinski definition) is 1. The Morgan fingerprint density at radius 1 is 1.26 bits per heavy atom. The molecular weight excluding hydrogens is 258 g/mol. The van der Waals surface area contributed by atoms with Gasteiger partial charge in [-0.3, -0.25) is 4.99 Å². The van der Waals surface area contributed by atoms with Gasteiger partial charge in [0.1, 0.15) is 0 Å². The van der Waals surface area contributed by atoms with Gasteiger partial charge in [-0.2, -0.15) is 0 Å². The smallest absolute Gasteiger partial charge is 0.190 e. The van der Waals surface area contributed by atoms with Crippen LogP contribution >= 0.6 is 11.6 Å². The zero-order chi connectivity index (χ0) is 13.5. The second kappa shape index (κ2) is 7.39. The Morgan fingerprint density at radius 2 is 2.00 bits per heavy atom. The van der Waals surface area contributed by atoms with Crippen molar-refractivity contribution in [2.24, 2.45) is 10.9 Å². The second-order valence-corrected chi connectivity index (χ2v) is 5.49. The van der Waals surface area contributed by atoms with Crippen molar-refractivity contribution < 1.29 is 0 Å². The number of aliphatic imine (C=N–C) groups is 1. The van der Waals surface area contributed by atoms with Gasteiger partial charge >= 0.3 is 0 Å². The lowest BCUT2D eigenvalue weighted by atomic mass is 10.1. The van der Waals surface area contributed by atoms with Gasteiger partial charge in [0.2, 0.25) is 0 Å². The maximum Gasteiger partial charge on any atom is 0.190 e. The van der Waals surface area contributed by atoms with Crippen LogP contribution in [0.3, 0.4) is 0 Å². The average molecular weight is 280 g/mol. The lowest BCUT2D eigenvalue weighted by molar-refractivity contribution is 0.714. The number of aryl methyl sites for hydroxylation is 1. The molecule has 1 saturated carbocycles. The maximum absolute atomic E-state index is 5.86. The Balaban J connectivity index is 1.60. The van der Waals surface area contributed by atoms with Crippen LogP contribution in [-0.4, -0.2) is 26.1 Å². The number of hydrogen-bond donors (Lipinski definition) is 2. The van der Waals surface area contributed by atoms with Gasteiger partial charge in [0.25, 0.3) is 0 Å². The molecule has 1 aromatic carbocycles. The monoisotopic (exact) mass is 279 g/mol. The lowest BCUT2D eigenvalue weighted by Crippen LogP contribution is -2.38. The van der Waals surface area contributed by atoms with E-state index in [2.05, 4.69) is 27.8 Å². The van der Waals surface area contributed by atoms with E-state index >= 15 is 0 Å². The van der Waals surface area contributed by atoms with Crippen LogP contribution in [0, 0.1) is 5.92 Å². The zero-order valence-corrected chi connectivity index (χ0v) is 12.2. The van der Waals surface area contributed by atoms with Crippen molar-refractivity contribution in [1.29, 1.82) is 0 Å². The summed E-state index contributed by atoms with van der Waals surface area (Å²) in [6.45, 7) is 1.99. The topological polar surface area (TPSA) is 36.4 Å². The molecule has 0 saturated heterocycles. The van der Waals surface area contributed by atoms with Gasteiger partial charge in [0.15, 0.2) is 5.96 Å². The highest BCUT2D eigenvalue weighted by atomic mass is 35.5. The fraction of sp³-hybridized carbons (Fsp3) is 0.533. The van der Waals surface area contributed by atoms with E-state index in [4.69, 9.17) is 11.6 Å². The van der Waals surface area contributed by atoms with Crippen molar-refractivity contribution in [3.63, 3.8) is 0 Å². The van der Waals surface area contributed by atoms with E-state index in [-0.39, 0.29) is 0 Å². The molecule has 4 heteroatoms. The summed E-state index contributed by atoms with van der Waals surface area (Å²) in [5, 5.41) is 7.50. The van der Waals surface area contributed by atoms with E-state index < -0.39 is 0 Å². The summed E-state index contributed by atoms with van der Waals surface area (Å²) in [7, 11) is 1.82. The number of halogens is 1. The molecule has 104 valence electrons. The normalized spacial score (nSPS) is 15.4. The molecule has 1 aromatic rings. The number of benzene rings is 1. The van der Waals surface area contributed by atoms with Gasteiger partial charge < -0.3 is 10.6 Å². The predicted molar refractivity (Wildman–Crippen MR) is 81.9 cm³/mol. The van der Waals surface area contributed by atoms with Crippen molar-refractivity contribution in [2.75, 3.05) is 20.1 Å². The predicted octanol–water partition coefficient (Wildman–Crippen LogP) is 2.85. The Morgan fingerprint density at radius 3 is 2.63 bits per heavy atom. The molecule has 0 unspecified atom stereocenters. The standard InChI is InChI=1S/C15H22ClN3/c1-17-15(19-11-13-4-5-13)18-10-2-3-12-6-8-14(16)9-7-12/h6-9,13H,2-5,10-11H2,1H3,(H2,17,18,19).